The van der Waals surface area contributed by atoms with Gasteiger partial charge in [0.2, 0.25) is 5.91 Å². The summed E-state index contributed by atoms with van der Waals surface area (Å²) in [5, 5.41) is 17.2. The highest BCUT2D eigenvalue weighted by Crippen LogP contribution is 2.29. The number of aryl methyl sites for hydroxylation is 1. The lowest BCUT2D eigenvalue weighted by atomic mass is 9.82. The van der Waals surface area contributed by atoms with Crippen molar-refractivity contribution in [2.75, 3.05) is 18.4 Å². The number of benzene rings is 1. The van der Waals surface area contributed by atoms with Gasteiger partial charge in [-0.15, -0.1) is 11.3 Å². The number of nitrogens with zero attached hydrogens (tertiary/aromatic N) is 2. The van der Waals surface area contributed by atoms with E-state index < -0.39 is 30.1 Å². The summed E-state index contributed by atoms with van der Waals surface area (Å²) in [5.41, 5.74) is 1.57. The molecule has 1 aliphatic heterocycles. The summed E-state index contributed by atoms with van der Waals surface area (Å²) in [6.07, 6.45) is 3.58. The number of amides is 4. The first-order chi connectivity index (χ1) is 17.8. The van der Waals surface area contributed by atoms with Gasteiger partial charge in [0, 0.05) is 29.7 Å². The zero-order valence-corrected chi connectivity index (χ0v) is 21.8. The van der Waals surface area contributed by atoms with Gasteiger partial charge in [0.05, 0.1) is 12.8 Å². The summed E-state index contributed by atoms with van der Waals surface area (Å²) < 4.78 is 0. The first-order valence-corrected chi connectivity index (χ1v) is 13.7. The van der Waals surface area contributed by atoms with E-state index in [0.29, 0.717) is 5.69 Å². The van der Waals surface area contributed by atoms with Crippen LogP contribution in [-0.2, 0) is 20.8 Å². The van der Waals surface area contributed by atoms with Gasteiger partial charge < -0.3 is 20.6 Å². The first-order valence-electron chi connectivity index (χ1n) is 12.8. The van der Waals surface area contributed by atoms with Gasteiger partial charge >= 0.3 is 12.0 Å². The Bertz CT molecular complexity index is 1120. The van der Waals surface area contributed by atoms with Gasteiger partial charge in [0.25, 0.3) is 5.91 Å². The third-order valence-electron chi connectivity index (χ3n) is 7.10. The van der Waals surface area contributed by atoms with E-state index in [1.165, 1.54) is 21.1 Å². The number of carboxylic acids is 1. The van der Waals surface area contributed by atoms with Gasteiger partial charge in [0.1, 0.15) is 0 Å². The van der Waals surface area contributed by atoms with Crippen LogP contribution in [0, 0.1) is 12.8 Å². The van der Waals surface area contributed by atoms with E-state index in [2.05, 4.69) is 10.6 Å². The zero-order valence-electron chi connectivity index (χ0n) is 21.0. The van der Waals surface area contributed by atoms with Gasteiger partial charge in [-0.05, 0) is 54.8 Å². The molecule has 37 heavy (non-hydrogen) atoms. The average molecular weight is 527 g/mol. The van der Waals surface area contributed by atoms with Gasteiger partial charge in [-0.2, -0.15) is 0 Å². The maximum Gasteiger partial charge on any atom is 0.323 e. The maximum atomic E-state index is 13.7. The molecule has 3 N–H and O–H groups in total. The lowest BCUT2D eigenvalue weighted by molar-refractivity contribution is -0.142. The summed E-state index contributed by atoms with van der Waals surface area (Å²) in [4.78, 5) is 55.6. The number of nitrogens with one attached hydrogen (secondary N) is 2. The van der Waals surface area contributed by atoms with E-state index in [9.17, 15) is 24.3 Å². The molecule has 10 heteroatoms. The van der Waals surface area contributed by atoms with Crippen LogP contribution in [0.1, 0.15) is 49.0 Å². The summed E-state index contributed by atoms with van der Waals surface area (Å²) in [7, 11) is 0. The smallest absolute Gasteiger partial charge is 0.323 e. The lowest BCUT2D eigenvalue weighted by Gasteiger charge is -2.34. The monoisotopic (exact) mass is 526 g/mol. The minimum absolute atomic E-state index is 0.0556. The van der Waals surface area contributed by atoms with E-state index >= 15 is 0 Å². The molecule has 1 saturated carbocycles. The topological polar surface area (TPSA) is 119 Å². The molecule has 2 atom stereocenters. The van der Waals surface area contributed by atoms with Gasteiger partial charge in [-0.1, -0.05) is 37.5 Å². The molecule has 2 aliphatic rings. The number of carbonyl (C=O) groups is 4. The van der Waals surface area contributed by atoms with Crippen molar-refractivity contribution in [2.45, 2.75) is 64.1 Å². The van der Waals surface area contributed by atoms with Crippen molar-refractivity contribution in [2.24, 2.45) is 5.92 Å². The van der Waals surface area contributed by atoms with E-state index in [0.717, 1.165) is 42.5 Å². The van der Waals surface area contributed by atoms with Crippen LogP contribution in [0.25, 0.3) is 0 Å². The normalized spacial score (nSPS) is 18.9. The Morgan fingerprint density at radius 2 is 1.81 bits per heavy atom. The molecule has 0 spiro atoms. The summed E-state index contributed by atoms with van der Waals surface area (Å²) in [6.45, 7) is 2.33. The third-order valence-corrected chi connectivity index (χ3v) is 7.98. The van der Waals surface area contributed by atoms with Crippen molar-refractivity contribution in [1.82, 2.24) is 15.1 Å². The number of urea groups is 1. The largest absolute Gasteiger partial charge is 0.481 e. The van der Waals surface area contributed by atoms with Crippen LogP contribution >= 0.6 is 11.3 Å². The molecule has 2 heterocycles. The highest BCUT2D eigenvalue weighted by atomic mass is 32.1. The summed E-state index contributed by atoms with van der Waals surface area (Å²) in [5.74, 6) is -1.70. The fourth-order valence-electron chi connectivity index (χ4n) is 5.28. The number of hydrogen-bond acceptors (Lipinski definition) is 5. The Hall–Kier alpha value is -3.40. The first kappa shape index (κ1) is 26.7. The molecule has 4 rings (SSSR count). The predicted octanol–water partition coefficient (Wildman–Crippen LogP) is 3.84. The van der Waals surface area contributed by atoms with E-state index in [1.807, 2.05) is 42.6 Å². The molecular weight excluding hydrogens is 492 g/mol. The summed E-state index contributed by atoms with van der Waals surface area (Å²) in [6, 6.07) is 10.0. The molecule has 2 unspecified atom stereocenters. The minimum atomic E-state index is -1.16. The molecule has 1 aliphatic carbocycles. The van der Waals surface area contributed by atoms with E-state index in [-0.39, 0.29) is 37.8 Å². The number of carboxylic acid groups (broad SMARTS) is 1. The highest BCUT2D eigenvalue weighted by molar-refractivity contribution is 7.10. The molecule has 0 radical (unpaired) electrons. The molecule has 9 nitrogen and oxygen atoms in total. The molecule has 198 valence electrons. The Morgan fingerprint density at radius 3 is 2.49 bits per heavy atom. The number of aliphatic carboxylic acids is 1. The quantitative estimate of drug-likeness (QED) is 0.483. The standard InChI is InChI=1S/C27H34N4O5S/c1-18-7-5-10-20(15-18)28-27(36)31-13-12-30(23(32)16-21-11-6-14-37-21)26(31)25(35)29-22(17-24(33)34)19-8-3-2-4-9-19/h5-7,10-11,14-15,19,22,26H,2-4,8-9,12-13,16-17H2,1H3,(H,28,36)(H,29,35)(H,33,34). The van der Waals surface area contributed by atoms with Crippen molar-refractivity contribution < 1.29 is 24.3 Å². The highest BCUT2D eigenvalue weighted by Gasteiger charge is 2.44. The number of thiophene rings is 1. The predicted molar refractivity (Wildman–Crippen MR) is 141 cm³/mol. The maximum absolute atomic E-state index is 13.7. The number of rotatable bonds is 8. The summed E-state index contributed by atoms with van der Waals surface area (Å²) >= 11 is 1.46. The number of anilines is 1. The Balaban J connectivity index is 1.55. The van der Waals surface area contributed by atoms with Crippen LogP contribution in [0.15, 0.2) is 41.8 Å². The Morgan fingerprint density at radius 1 is 1.05 bits per heavy atom. The Labute approximate surface area is 220 Å². The molecule has 0 bridgehead atoms. The second-order valence-corrected chi connectivity index (χ2v) is 10.9. The van der Waals surface area contributed by atoms with E-state index in [4.69, 9.17) is 0 Å². The molecule has 1 aromatic heterocycles. The fourth-order valence-corrected chi connectivity index (χ4v) is 5.98. The zero-order chi connectivity index (χ0) is 26.4. The van der Waals surface area contributed by atoms with E-state index in [1.54, 1.807) is 6.07 Å². The van der Waals surface area contributed by atoms with Crippen molar-refractivity contribution in [3.8, 4) is 0 Å². The van der Waals surface area contributed by atoms with Crippen molar-refractivity contribution in [1.29, 1.82) is 0 Å². The molecular formula is C27H34N4O5S. The van der Waals surface area contributed by atoms with Crippen molar-refractivity contribution >= 4 is 40.8 Å². The van der Waals surface area contributed by atoms with Crippen LogP contribution in [0.5, 0.6) is 0 Å². The van der Waals surface area contributed by atoms with Gasteiger partial charge in [-0.25, -0.2) is 4.79 Å². The SMILES string of the molecule is Cc1cccc(NC(=O)N2CCN(C(=O)Cc3cccs3)C2C(=O)NC(CC(=O)O)C2CCCCC2)c1. The van der Waals surface area contributed by atoms with Crippen LogP contribution in [-0.4, -0.2) is 64.0 Å². The lowest BCUT2D eigenvalue weighted by Crippen LogP contribution is -2.57. The molecule has 4 amide bonds. The number of carbonyl (C=O) groups excluding carboxylic acids is 3. The van der Waals surface area contributed by atoms with Crippen molar-refractivity contribution in [3.63, 3.8) is 0 Å². The van der Waals surface area contributed by atoms with Crippen LogP contribution < -0.4 is 10.6 Å². The minimum Gasteiger partial charge on any atom is -0.481 e. The molecule has 2 aromatic rings. The van der Waals surface area contributed by atoms with Gasteiger partial charge in [0.15, 0.2) is 6.17 Å². The average Bonchev–Trinajstić information content (AvgIpc) is 3.54. The van der Waals surface area contributed by atoms with Crippen LogP contribution in [0.4, 0.5) is 10.5 Å². The van der Waals surface area contributed by atoms with Crippen molar-refractivity contribution in [3.05, 3.63) is 52.2 Å². The fraction of sp³-hybridized carbons (Fsp3) is 0.481. The number of hydrogen-bond donors (Lipinski definition) is 3. The molecule has 1 saturated heterocycles. The molecule has 2 fully saturated rings. The van der Waals surface area contributed by atoms with Crippen LogP contribution in [0.3, 0.4) is 0 Å². The second-order valence-electron chi connectivity index (χ2n) is 9.82. The Kier molecular flexibility index (Phi) is 8.81. The molecule has 1 aromatic carbocycles. The second kappa shape index (κ2) is 12.2. The van der Waals surface area contributed by atoms with Crippen LogP contribution in [0.2, 0.25) is 0 Å². The van der Waals surface area contributed by atoms with Gasteiger partial charge in [-0.3, -0.25) is 19.3 Å². The third kappa shape index (κ3) is 6.88.